The number of benzene rings is 1. The van der Waals surface area contributed by atoms with Crippen molar-refractivity contribution in [2.45, 2.75) is 51.3 Å². The normalized spacial score (nSPS) is 24.0. The van der Waals surface area contributed by atoms with Gasteiger partial charge in [0, 0.05) is 19.2 Å². The van der Waals surface area contributed by atoms with Gasteiger partial charge in [-0.15, -0.1) is 0 Å². The summed E-state index contributed by atoms with van der Waals surface area (Å²) in [7, 11) is 0. The Bertz CT molecular complexity index is 594. The van der Waals surface area contributed by atoms with Gasteiger partial charge in [0.15, 0.2) is 0 Å². The highest BCUT2D eigenvalue weighted by atomic mass is 16.5. The summed E-state index contributed by atoms with van der Waals surface area (Å²) in [5.74, 6) is -0.106. The summed E-state index contributed by atoms with van der Waals surface area (Å²) in [6, 6.07) is 7.16. The van der Waals surface area contributed by atoms with Crippen LogP contribution in [-0.2, 0) is 20.7 Å². The van der Waals surface area contributed by atoms with Gasteiger partial charge in [-0.25, -0.2) is 0 Å². The first kappa shape index (κ1) is 16.0. The van der Waals surface area contributed by atoms with Crippen molar-refractivity contribution in [3.05, 3.63) is 35.4 Å². The number of ether oxygens (including phenoxy) is 1. The Morgan fingerprint density at radius 2 is 2.17 bits per heavy atom. The molecule has 0 aliphatic carbocycles. The molecular formula is C18H24N2O3. The molecule has 2 amide bonds. The third kappa shape index (κ3) is 3.24. The molecule has 0 spiro atoms. The van der Waals surface area contributed by atoms with Gasteiger partial charge in [0.05, 0.1) is 12.5 Å². The lowest BCUT2D eigenvalue weighted by atomic mass is 9.90. The van der Waals surface area contributed by atoms with Crippen LogP contribution < -0.4 is 5.32 Å². The Morgan fingerprint density at radius 1 is 1.39 bits per heavy atom. The minimum atomic E-state index is -0.547. The fourth-order valence-corrected chi connectivity index (χ4v) is 3.48. The molecule has 2 heterocycles. The average molecular weight is 316 g/mol. The maximum atomic E-state index is 12.8. The molecule has 0 aromatic heterocycles. The van der Waals surface area contributed by atoms with Crippen molar-refractivity contribution in [1.82, 2.24) is 10.2 Å². The van der Waals surface area contributed by atoms with Crippen molar-refractivity contribution >= 4 is 11.8 Å². The van der Waals surface area contributed by atoms with Crippen molar-refractivity contribution in [1.29, 1.82) is 0 Å². The molecule has 5 nitrogen and oxygen atoms in total. The standard InChI is InChI=1S/C18H24N2O3/c1-12(2)20-16(21)10-13-6-3-4-8-15(13)17(20)18(22)19-11-14-7-5-9-23-14/h3-4,6,8,12,14,17H,5,7,9-11H2,1-2H3,(H,19,22)/t14-,17-/m1/s1. The van der Waals surface area contributed by atoms with Gasteiger partial charge in [-0.05, 0) is 37.8 Å². The van der Waals surface area contributed by atoms with E-state index >= 15 is 0 Å². The summed E-state index contributed by atoms with van der Waals surface area (Å²) in [4.78, 5) is 27.0. The predicted octanol–water partition coefficient (Wildman–Crippen LogP) is 1.82. The molecule has 0 saturated carbocycles. The van der Waals surface area contributed by atoms with Crippen LogP contribution in [0.4, 0.5) is 0 Å². The second-order valence-corrected chi connectivity index (χ2v) is 6.55. The molecule has 2 aliphatic heterocycles. The quantitative estimate of drug-likeness (QED) is 0.922. The van der Waals surface area contributed by atoms with Gasteiger partial charge in [0.1, 0.15) is 6.04 Å². The Labute approximate surface area is 137 Å². The minimum absolute atomic E-state index is 0.0102. The monoisotopic (exact) mass is 316 g/mol. The number of amides is 2. The lowest BCUT2D eigenvalue weighted by molar-refractivity contribution is -0.143. The van der Waals surface area contributed by atoms with Crippen LogP contribution in [0.5, 0.6) is 0 Å². The van der Waals surface area contributed by atoms with Gasteiger partial charge in [-0.2, -0.15) is 0 Å². The number of rotatable bonds is 4. The zero-order valence-corrected chi connectivity index (χ0v) is 13.7. The maximum absolute atomic E-state index is 12.8. The summed E-state index contributed by atoms with van der Waals surface area (Å²) in [5.41, 5.74) is 1.89. The van der Waals surface area contributed by atoms with E-state index < -0.39 is 6.04 Å². The first-order valence-corrected chi connectivity index (χ1v) is 8.36. The fourth-order valence-electron chi connectivity index (χ4n) is 3.48. The molecule has 1 saturated heterocycles. The van der Waals surface area contributed by atoms with Crippen molar-refractivity contribution in [3.8, 4) is 0 Å². The van der Waals surface area contributed by atoms with Crippen LogP contribution in [0.3, 0.4) is 0 Å². The third-order valence-electron chi connectivity index (χ3n) is 4.59. The molecule has 2 atom stereocenters. The summed E-state index contributed by atoms with van der Waals surface area (Å²) in [6.07, 6.45) is 2.49. The van der Waals surface area contributed by atoms with Crippen molar-refractivity contribution in [2.75, 3.05) is 13.2 Å². The Morgan fingerprint density at radius 3 is 2.87 bits per heavy atom. The second kappa shape index (κ2) is 6.71. The molecule has 3 rings (SSSR count). The SMILES string of the molecule is CC(C)N1C(=O)Cc2ccccc2[C@@H]1C(=O)NC[C@H]1CCCO1. The van der Waals surface area contributed by atoms with E-state index in [1.54, 1.807) is 4.90 Å². The largest absolute Gasteiger partial charge is 0.376 e. The molecule has 23 heavy (non-hydrogen) atoms. The zero-order chi connectivity index (χ0) is 16.4. The maximum Gasteiger partial charge on any atom is 0.247 e. The molecule has 5 heteroatoms. The Kier molecular flexibility index (Phi) is 4.66. The van der Waals surface area contributed by atoms with Crippen molar-refractivity contribution < 1.29 is 14.3 Å². The van der Waals surface area contributed by atoms with E-state index in [2.05, 4.69) is 5.32 Å². The molecule has 1 aromatic rings. The highest BCUT2D eigenvalue weighted by molar-refractivity contribution is 5.92. The van der Waals surface area contributed by atoms with Crippen LogP contribution >= 0.6 is 0 Å². The van der Waals surface area contributed by atoms with Crippen molar-refractivity contribution in [3.63, 3.8) is 0 Å². The highest BCUT2D eigenvalue weighted by Gasteiger charge is 2.38. The van der Waals surface area contributed by atoms with E-state index in [1.165, 1.54) is 0 Å². The zero-order valence-electron chi connectivity index (χ0n) is 13.7. The average Bonchev–Trinajstić information content (AvgIpc) is 3.04. The van der Waals surface area contributed by atoms with Gasteiger partial charge in [0.25, 0.3) is 0 Å². The lowest BCUT2D eigenvalue weighted by Crippen LogP contribution is -2.51. The number of nitrogens with one attached hydrogen (secondary N) is 1. The van der Waals surface area contributed by atoms with Crippen molar-refractivity contribution in [2.24, 2.45) is 0 Å². The smallest absolute Gasteiger partial charge is 0.247 e. The molecule has 124 valence electrons. The number of nitrogens with zero attached hydrogens (tertiary/aromatic N) is 1. The van der Waals surface area contributed by atoms with E-state index in [-0.39, 0.29) is 24.0 Å². The molecule has 2 aliphatic rings. The topological polar surface area (TPSA) is 58.6 Å². The van der Waals surface area contributed by atoms with Crippen LogP contribution in [0.1, 0.15) is 43.9 Å². The van der Waals surface area contributed by atoms with Gasteiger partial charge in [-0.1, -0.05) is 24.3 Å². The number of fused-ring (bicyclic) bond motifs is 1. The molecule has 1 fully saturated rings. The molecular weight excluding hydrogens is 292 g/mol. The van der Waals surface area contributed by atoms with E-state index in [1.807, 2.05) is 38.1 Å². The summed E-state index contributed by atoms with van der Waals surface area (Å²) >= 11 is 0. The van der Waals surface area contributed by atoms with Gasteiger partial charge < -0.3 is 15.0 Å². The Hall–Kier alpha value is -1.88. The van der Waals surface area contributed by atoms with Gasteiger partial charge in [0.2, 0.25) is 11.8 Å². The number of hydrogen-bond donors (Lipinski definition) is 1. The number of carbonyl (C=O) groups is 2. The lowest BCUT2D eigenvalue weighted by Gasteiger charge is -2.39. The van der Waals surface area contributed by atoms with Crippen LogP contribution in [0.25, 0.3) is 0 Å². The van der Waals surface area contributed by atoms with Crippen LogP contribution in [0.15, 0.2) is 24.3 Å². The Balaban J connectivity index is 1.82. The van der Waals surface area contributed by atoms with Crippen LogP contribution in [0.2, 0.25) is 0 Å². The first-order valence-electron chi connectivity index (χ1n) is 8.36. The van der Waals surface area contributed by atoms with Crippen LogP contribution in [0, 0.1) is 0 Å². The van der Waals surface area contributed by atoms with E-state index in [0.717, 1.165) is 30.6 Å². The number of carbonyl (C=O) groups excluding carboxylic acids is 2. The van der Waals surface area contributed by atoms with E-state index in [0.29, 0.717) is 13.0 Å². The van der Waals surface area contributed by atoms with Gasteiger partial charge in [-0.3, -0.25) is 9.59 Å². The highest BCUT2D eigenvalue weighted by Crippen LogP contribution is 2.32. The summed E-state index contributed by atoms with van der Waals surface area (Å²) in [6.45, 7) is 5.18. The first-order chi connectivity index (χ1) is 11.1. The fraction of sp³-hybridized carbons (Fsp3) is 0.556. The minimum Gasteiger partial charge on any atom is -0.376 e. The van der Waals surface area contributed by atoms with Gasteiger partial charge >= 0.3 is 0 Å². The molecule has 0 unspecified atom stereocenters. The van der Waals surface area contributed by atoms with E-state index in [4.69, 9.17) is 4.74 Å². The van der Waals surface area contributed by atoms with E-state index in [9.17, 15) is 9.59 Å². The molecule has 1 N–H and O–H groups in total. The number of hydrogen-bond acceptors (Lipinski definition) is 3. The summed E-state index contributed by atoms with van der Waals surface area (Å²) in [5, 5.41) is 2.98. The molecule has 0 bridgehead atoms. The predicted molar refractivity (Wildman–Crippen MR) is 86.9 cm³/mol. The third-order valence-corrected chi connectivity index (χ3v) is 4.59. The summed E-state index contributed by atoms with van der Waals surface area (Å²) < 4.78 is 5.56. The molecule has 0 radical (unpaired) electrons. The molecule has 1 aromatic carbocycles. The van der Waals surface area contributed by atoms with Crippen LogP contribution in [-0.4, -0.2) is 42.0 Å². The second-order valence-electron chi connectivity index (χ2n) is 6.55.